The molecule has 0 aromatic heterocycles. The number of nitrogens with zero attached hydrogens (tertiary/aromatic N) is 2. The van der Waals surface area contributed by atoms with Crippen molar-refractivity contribution in [1.82, 2.24) is 9.96 Å². The minimum Gasteiger partial charge on any atom is -0.359 e. The quantitative estimate of drug-likeness (QED) is 0.590. The van der Waals surface area contributed by atoms with Gasteiger partial charge in [0.2, 0.25) is 0 Å². The van der Waals surface area contributed by atoms with Gasteiger partial charge in [-0.05, 0) is 0 Å². The lowest BCUT2D eigenvalue weighted by molar-refractivity contribution is -0.177. The van der Waals surface area contributed by atoms with Crippen LogP contribution in [0.25, 0.3) is 0 Å². The zero-order chi connectivity index (χ0) is 12.1. The van der Waals surface area contributed by atoms with Crippen LogP contribution in [0.4, 0.5) is 0 Å². The van der Waals surface area contributed by atoms with Crippen LogP contribution in [-0.4, -0.2) is 47.2 Å². The van der Waals surface area contributed by atoms with Crippen molar-refractivity contribution in [1.29, 1.82) is 0 Å². The molecule has 0 radical (unpaired) electrons. The lowest BCUT2D eigenvalue weighted by atomic mass is 10.8. The SMILES string of the molecule is CC(=O)ON1C=CN(C)C1.O=S(=O)(O)O. The lowest BCUT2D eigenvalue weighted by Crippen LogP contribution is -2.24. The normalized spacial score (nSPS) is 14.7. The fourth-order valence-electron chi connectivity index (χ4n) is 0.727. The molecule has 0 unspecified atom stereocenters. The lowest BCUT2D eigenvalue weighted by Gasteiger charge is -2.15. The molecule has 9 heteroatoms. The second-order valence-corrected chi connectivity index (χ2v) is 3.54. The molecule has 0 amide bonds. The Bertz CT molecular complexity index is 330. The van der Waals surface area contributed by atoms with Crippen LogP contribution in [0, 0.1) is 0 Å². The van der Waals surface area contributed by atoms with Gasteiger partial charge >= 0.3 is 16.4 Å². The molecule has 1 aliphatic heterocycles. The summed E-state index contributed by atoms with van der Waals surface area (Å²) in [5, 5.41) is 1.47. The molecule has 0 aromatic carbocycles. The third kappa shape index (κ3) is 10.6. The Morgan fingerprint density at radius 2 is 1.87 bits per heavy atom. The van der Waals surface area contributed by atoms with E-state index in [0.717, 1.165) is 0 Å². The van der Waals surface area contributed by atoms with Gasteiger partial charge in [-0.3, -0.25) is 13.9 Å². The maximum Gasteiger partial charge on any atom is 0.394 e. The van der Waals surface area contributed by atoms with Gasteiger partial charge in [-0.15, -0.1) is 0 Å². The summed E-state index contributed by atoms with van der Waals surface area (Å²) in [4.78, 5) is 17.0. The molecule has 0 spiro atoms. The Balaban J connectivity index is 0.000000336. The second kappa shape index (κ2) is 5.53. The number of rotatable bonds is 1. The summed E-state index contributed by atoms with van der Waals surface area (Å²) in [6, 6.07) is 0. The molecule has 0 fully saturated rings. The van der Waals surface area contributed by atoms with Gasteiger partial charge in [0.25, 0.3) is 0 Å². The van der Waals surface area contributed by atoms with Gasteiger partial charge in [0.1, 0.15) is 6.67 Å². The van der Waals surface area contributed by atoms with Crippen LogP contribution in [0.3, 0.4) is 0 Å². The number of hydrogen-bond donors (Lipinski definition) is 2. The summed E-state index contributed by atoms with van der Waals surface area (Å²) in [7, 11) is -2.76. The second-order valence-electron chi connectivity index (χ2n) is 2.64. The van der Waals surface area contributed by atoms with Gasteiger partial charge in [-0.2, -0.15) is 13.5 Å². The summed E-state index contributed by atoms with van der Waals surface area (Å²) < 4.78 is 31.6. The van der Waals surface area contributed by atoms with Gasteiger partial charge < -0.3 is 9.74 Å². The minimum absolute atomic E-state index is 0.292. The number of carbonyl (C=O) groups excluding carboxylic acids is 1. The van der Waals surface area contributed by atoms with E-state index in [1.54, 1.807) is 6.20 Å². The zero-order valence-electron chi connectivity index (χ0n) is 8.19. The highest BCUT2D eigenvalue weighted by Gasteiger charge is 2.09. The van der Waals surface area contributed by atoms with E-state index in [-0.39, 0.29) is 5.97 Å². The van der Waals surface area contributed by atoms with E-state index in [9.17, 15) is 4.79 Å². The van der Waals surface area contributed by atoms with E-state index in [1.165, 1.54) is 12.0 Å². The Kier molecular flexibility index (Phi) is 5.05. The van der Waals surface area contributed by atoms with Crippen LogP contribution >= 0.6 is 0 Å². The fourth-order valence-corrected chi connectivity index (χ4v) is 0.727. The molecule has 2 N–H and O–H groups in total. The topological polar surface area (TPSA) is 107 Å². The number of hydroxylamine groups is 2. The predicted molar refractivity (Wildman–Crippen MR) is 49.6 cm³/mol. The molecule has 1 heterocycles. The van der Waals surface area contributed by atoms with E-state index in [1.807, 2.05) is 18.1 Å². The van der Waals surface area contributed by atoms with Gasteiger partial charge in [0, 0.05) is 20.2 Å². The van der Waals surface area contributed by atoms with E-state index in [4.69, 9.17) is 22.4 Å². The molecule has 0 aromatic rings. The van der Waals surface area contributed by atoms with Gasteiger partial charge in [0.05, 0.1) is 6.20 Å². The molecular formula is C6H12N2O6S. The summed E-state index contributed by atoms with van der Waals surface area (Å²) in [6.45, 7) is 1.99. The van der Waals surface area contributed by atoms with Crippen LogP contribution in [0.15, 0.2) is 12.4 Å². The van der Waals surface area contributed by atoms with Crippen molar-refractivity contribution >= 4 is 16.4 Å². The summed E-state index contributed by atoms with van der Waals surface area (Å²) in [5.41, 5.74) is 0. The van der Waals surface area contributed by atoms with E-state index in [0.29, 0.717) is 6.67 Å². The Labute approximate surface area is 87.3 Å². The smallest absolute Gasteiger partial charge is 0.359 e. The molecule has 0 saturated heterocycles. The highest BCUT2D eigenvalue weighted by atomic mass is 32.3. The van der Waals surface area contributed by atoms with E-state index < -0.39 is 10.4 Å². The van der Waals surface area contributed by atoms with Crippen LogP contribution in [0.1, 0.15) is 6.92 Å². The van der Waals surface area contributed by atoms with E-state index in [2.05, 4.69) is 0 Å². The molecular weight excluding hydrogens is 228 g/mol. The van der Waals surface area contributed by atoms with Crippen LogP contribution in [0.2, 0.25) is 0 Å². The third-order valence-electron chi connectivity index (χ3n) is 1.10. The average Bonchev–Trinajstić information content (AvgIpc) is 2.29. The molecule has 1 rings (SSSR count). The van der Waals surface area contributed by atoms with Crippen LogP contribution in [0.5, 0.6) is 0 Å². The summed E-state index contributed by atoms with van der Waals surface area (Å²) in [5.74, 6) is -0.292. The molecule has 0 saturated carbocycles. The zero-order valence-corrected chi connectivity index (χ0v) is 9.01. The molecule has 88 valence electrons. The first-order chi connectivity index (χ1) is 6.68. The molecule has 0 aliphatic carbocycles. The maximum absolute atomic E-state index is 10.4. The van der Waals surface area contributed by atoms with Crippen molar-refractivity contribution < 1.29 is 27.2 Å². The minimum atomic E-state index is -4.67. The summed E-state index contributed by atoms with van der Waals surface area (Å²) >= 11 is 0. The van der Waals surface area contributed by atoms with Crippen molar-refractivity contribution in [2.45, 2.75) is 6.92 Å². The monoisotopic (exact) mass is 240 g/mol. The van der Waals surface area contributed by atoms with Crippen molar-refractivity contribution in [3.05, 3.63) is 12.4 Å². The van der Waals surface area contributed by atoms with Crippen molar-refractivity contribution in [2.75, 3.05) is 13.7 Å². The van der Waals surface area contributed by atoms with Crippen LogP contribution in [-0.2, 0) is 20.0 Å². The number of carbonyl (C=O) groups is 1. The molecule has 0 atom stereocenters. The predicted octanol–water partition coefficient (Wildman–Crippen LogP) is -0.512. The van der Waals surface area contributed by atoms with Crippen molar-refractivity contribution in [2.24, 2.45) is 0 Å². The van der Waals surface area contributed by atoms with Gasteiger partial charge in [0.15, 0.2) is 0 Å². The standard InChI is InChI=1S/C6H10N2O2.H2O4S/c1-6(9)10-8-4-3-7(2)5-8;1-5(2,3)4/h3-4H,5H2,1-2H3;(H2,1,2,3,4). The number of hydrogen-bond acceptors (Lipinski definition) is 6. The fraction of sp³-hybridized carbons (Fsp3) is 0.500. The highest BCUT2D eigenvalue weighted by Crippen LogP contribution is 2.03. The van der Waals surface area contributed by atoms with Gasteiger partial charge in [-0.1, -0.05) is 0 Å². The van der Waals surface area contributed by atoms with Crippen molar-refractivity contribution in [3.63, 3.8) is 0 Å². The third-order valence-corrected chi connectivity index (χ3v) is 1.10. The first kappa shape index (κ1) is 13.7. The summed E-state index contributed by atoms with van der Waals surface area (Å²) in [6.07, 6.45) is 3.55. The largest absolute Gasteiger partial charge is 0.394 e. The van der Waals surface area contributed by atoms with E-state index >= 15 is 0 Å². The Morgan fingerprint density at radius 1 is 1.40 bits per heavy atom. The first-order valence-corrected chi connectivity index (χ1v) is 5.12. The van der Waals surface area contributed by atoms with Crippen LogP contribution < -0.4 is 0 Å². The first-order valence-electron chi connectivity index (χ1n) is 3.72. The van der Waals surface area contributed by atoms with Gasteiger partial charge in [-0.25, -0.2) is 0 Å². The molecule has 0 bridgehead atoms. The Morgan fingerprint density at radius 3 is 2.13 bits per heavy atom. The van der Waals surface area contributed by atoms with Crippen molar-refractivity contribution in [3.8, 4) is 0 Å². The molecule has 8 nitrogen and oxygen atoms in total. The Hall–Kier alpha value is -1.32. The molecule has 1 aliphatic rings. The highest BCUT2D eigenvalue weighted by molar-refractivity contribution is 7.79. The maximum atomic E-state index is 10.4. The average molecular weight is 240 g/mol. The molecule has 15 heavy (non-hydrogen) atoms.